The monoisotopic (exact) mass is 152 g/mol. The van der Waals surface area contributed by atoms with Crippen molar-refractivity contribution < 1.29 is 0 Å². The van der Waals surface area contributed by atoms with Gasteiger partial charge < -0.3 is 11.5 Å². The Morgan fingerprint density at radius 3 is 2.45 bits per heavy atom. The maximum Gasteiger partial charge on any atom is 0.0160 e. The average molecular weight is 152 g/mol. The first-order valence-electron chi connectivity index (χ1n) is 4.40. The minimum atomic E-state index is 0.211. The van der Waals surface area contributed by atoms with E-state index in [0.29, 0.717) is 0 Å². The zero-order chi connectivity index (χ0) is 7.90. The molecule has 2 heteroatoms. The van der Waals surface area contributed by atoms with Crippen LogP contribution in [-0.2, 0) is 0 Å². The van der Waals surface area contributed by atoms with E-state index in [0.717, 1.165) is 19.0 Å². The summed E-state index contributed by atoms with van der Waals surface area (Å²) in [5.41, 5.74) is 13.2. The molecular formula is C9H16N2. The van der Waals surface area contributed by atoms with E-state index in [1.807, 2.05) is 0 Å². The highest BCUT2D eigenvalue weighted by molar-refractivity contribution is 5.27. The molecule has 4 N–H and O–H groups in total. The van der Waals surface area contributed by atoms with Crippen LogP contribution in [0.1, 0.15) is 19.3 Å². The van der Waals surface area contributed by atoms with E-state index in [2.05, 4.69) is 6.08 Å². The normalized spacial score (nSPS) is 32.5. The molecule has 1 saturated carbocycles. The lowest BCUT2D eigenvalue weighted by molar-refractivity contribution is 0.339. The Morgan fingerprint density at radius 2 is 2.18 bits per heavy atom. The van der Waals surface area contributed by atoms with Gasteiger partial charge in [0.2, 0.25) is 0 Å². The molecule has 2 rings (SSSR count). The van der Waals surface area contributed by atoms with Gasteiger partial charge in [0.1, 0.15) is 0 Å². The number of allylic oxidation sites excluding steroid dienone is 1. The first kappa shape index (κ1) is 7.32. The van der Waals surface area contributed by atoms with Gasteiger partial charge in [-0.25, -0.2) is 0 Å². The molecule has 1 atom stereocenters. The molecule has 0 radical (unpaired) electrons. The Kier molecular flexibility index (Phi) is 1.55. The van der Waals surface area contributed by atoms with Crippen molar-refractivity contribution in [2.45, 2.75) is 19.3 Å². The molecule has 0 saturated heterocycles. The highest BCUT2D eigenvalue weighted by Crippen LogP contribution is 2.51. The molecule has 0 aliphatic heterocycles. The summed E-state index contributed by atoms with van der Waals surface area (Å²) >= 11 is 0. The number of nitrogens with two attached hydrogens (primary N) is 2. The molecular weight excluding hydrogens is 136 g/mol. The molecule has 0 aromatic heterocycles. The number of rotatable bonds is 2. The van der Waals surface area contributed by atoms with Crippen molar-refractivity contribution in [1.29, 1.82) is 0 Å². The van der Waals surface area contributed by atoms with Gasteiger partial charge in [-0.05, 0) is 25.2 Å². The van der Waals surface area contributed by atoms with E-state index < -0.39 is 0 Å². The summed E-state index contributed by atoms with van der Waals surface area (Å²) in [7, 11) is 0. The summed E-state index contributed by atoms with van der Waals surface area (Å²) in [4.78, 5) is 0. The van der Waals surface area contributed by atoms with Crippen molar-refractivity contribution in [1.82, 2.24) is 0 Å². The summed E-state index contributed by atoms with van der Waals surface area (Å²) < 4.78 is 0. The number of hydrogen-bond donors (Lipinski definition) is 2. The van der Waals surface area contributed by atoms with Crippen molar-refractivity contribution >= 4 is 0 Å². The van der Waals surface area contributed by atoms with E-state index in [9.17, 15) is 0 Å². The molecule has 0 amide bonds. The standard InChI is InChI=1S/C9H16N2/c10-5-9(6-11)4-7-1-2-8(9)3-7/h2,7H,1,3-6,10-11H2. The van der Waals surface area contributed by atoms with E-state index in [4.69, 9.17) is 11.5 Å². The Bertz CT molecular complexity index is 192. The molecule has 0 spiro atoms. The van der Waals surface area contributed by atoms with E-state index >= 15 is 0 Å². The minimum Gasteiger partial charge on any atom is -0.330 e. The van der Waals surface area contributed by atoms with Crippen molar-refractivity contribution in [3.8, 4) is 0 Å². The maximum absolute atomic E-state index is 5.74. The molecule has 0 heterocycles. The summed E-state index contributed by atoms with van der Waals surface area (Å²) in [6, 6.07) is 0. The topological polar surface area (TPSA) is 52.0 Å². The summed E-state index contributed by atoms with van der Waals surface area (Å²) in [6.07, 6.45) is 6.14. The van der Waals surface area contributed by atoms with Gasteiger partial charge in [-0.3, -0.25) is 0 Å². The lowest BCUT2D eigenvalue weighted by Crippen LogP contribution is -2.38. The molecule has 2 bridgehead atoms. The molecule has 0 aromatic rings. The van der Waals surface area contributed by atoms with Crippen LogP contribution in [0.4, 0.5) is 0 Å². The van der Waals surface area contributed by atoms with E-state index in [1.165, 1.54) is 19.3 Å². The van der Waals surface area contributed by atoms with Gasteiger partial charge in [-0.1, -0.05) is 11.6 Å². The van der Waals surface area contributed by atoms with Crippen molar-refractivity contribution in [2.24, 2.45) is 22.8 Å². The molecule has 2 aliphatic rings. The van der Waals surface area contributed by atoms with Crippen LogP contribution in [0, 0.1) is 11.3 Å². The SMILES string of the molecule is NCC1(CN)CC2CC=C1C2. The summed E-state index contributed by atoms with van der Waals surface area (Å²) in [6.45, 7) is 1.48. The first-order chi connectivity index (χ1) is 5.30. The van der Waals surface area contributed by atoms with Crippen LogP contribution in [0.5, 0.6) is 0 Å². The fraction of sp³-hybridized carbons (Fsp3) is 0.778. The average Bonchev–Trinajstić information content (AvgIpc) is 2.62. The zero-order valence-electron chi connectivity index (χ0n) is 6.84. The molecule has 1 unspecified atom stereocenters. The molecule has 0 aromatic carbocycles. The third-order valence-electron chi connectivity index (χ3n) is 3.35. The largest absolute Gasteiger partial charge is 0.330 e. The molecule has 2 aliphatic carbocycles. The Morgan fingerprint density at radius 1 is 1.45 bits per heavy atom. The van der Waals surface area contributed by atoms with E-state index in [1.54, 1.807) is 5.57 Å². The van der Waals surface area contributed by atoms with Crippen LogP contribution in [-0.4, -0.2) is 13.1 Å². The third kappa shape index (κ3) is 0.861. The highest BCUT2D eigenvalue weighted by Gasteiger charge is 2.43. The third-order valence-corrected chi connectivity index (χ3v) is 3.35. The predicted octanol–water partition coefficient (Wildman–Crippen LogP) is 0.630. The van der Waals surface area contributed by atoms with Gasteiger partial charge in [-0.2, -0.15) is 0 Å². The minimum absolute atomic E-state index is 0.211. The van der Waals surface area contributed by atoms with Gasteiger partial charge in [0.05, 0.1) is 0 Å². The van der Waals surface area contributed by atoms with Crippen LogP contribution >= 0.6 is 0 Å². The second-order valence-electron chi connectivity index (χ2n) is 3.93. The van der Waals surface area contributed by atoms with Crippen LogP contribution in [0.3, 0.4) is 0 Å². The Balaban J connectivity index is 2.26. The zero-order valence-corrected chi connectivity index (χ0v) is 6.84. The second-order valence-corrected chi connectivity index (χ2v) is 3.93. The summed E-state index contributed by atoms with van der Waals surface area (Å²) in [5.74, 6) is 0.872. The molecule has 1 fully saturated rings. The van der Waals surface area contributed by atoms with Crippen molar-refractivity contribution in [2.75, 3.05) is 13.1 Å². The predicted molar refractivity (Wildman–Crippen MR) is 46.0 cm³/mol. The van der Waals surface area contributed by atoms with Gasteiger partial charge in [0.15, 0.2) is 0 Å². The van der Waals surface area contributed by atoms with Crippen LogP contribution in [0.15, 0.2) is 11.6 Å². The first-order valence-corrected chi connectivity index (χ1v) is 4.40. The highest BCUT2D eigenvalue weighted by atomic mass is 14.7. The Hall–Kier alpha value is -0.340. The van der Waals surface area contributed by atoms with Crippen LogP contribution < -0.4 is 11.5 Å². The van der Waals surface area contributed by atoms with Gasteiger partial charge >= 0.3 is 0 Å². The fourth-order valence-electron chi connectivity index (χ4n) is 2.57. The van der Waals surface area contributed by atoms with Crippen molar-refractivity contribution in [3.63, 3.8) is 0 Å². The fourth-order valence-corrected chi connectivity index (χ4v) is 2.57. The lowest BCUT2D eigenvalue weighted by Gasteiger charge is -2.30. The van der Waals surface area contributed by atoms with Gasteiger partial charge in [-0.15, -0.1) is 0 Å². The van der Waals surface area contributed by atoms with Crippen LogP contribution in [0.2, 0.25) is 0 Å². The van der Waals surface area contributed by atoms with Gasteiger partial charge in [0, 0.05) is 18.5 Å². The summed E-state index contributed by atoms with van der Waals surface area (Å²) in [5, 5.41) is 0. The maximum atomic E-state index is 5.74. The molecule has 11 heavy (non-hydrogen) atoms. The van der Waals surface area contributed by atoms with E-state index in [-0.39, 0.29) is 5.41 Å². The lowest BCUT2D eigenvalue weighted by atomic mass is 9.79. The van der Waals surface area contributed by atoms with Crippen molar-refractivity contribution in [3.05, 3.63) is 11.6 Å². The van der Waals surface area contributed by atoms with Gasteiger partial charge in [0.25, 0.3) is 0 Å². The Labute approximate surface area is 67.6 Å². The number of hydrogen-bond acceptors (Lipinski definition) is 2. The molecule has 2 nitrogen and oxygen atoms in total. The molecule has 62 valence electrons. The second kappa shape index (κ2) is 2.32. The van der Waals surface area contributed by atoms with Crippen LogP contribution in [0.25, 0.3) is 0 Å². The smallest absolute Gasteiger partial charge is 0.0160 e. The quantitative estimate of drug-likeness (QED) is 0.570. The number of fused-ring (bicyclic) bond motifs is 2.